The van der Waals surface area contributed by atoms with Crippen LogP contribution in [0.25, 0.3) is 0 Å². The Morgan fingerprint density at radius 1 is 0.826 bits per heavy atom. The molecule has 0 radical (unpaired) electrons. The molecule has 1 spiro atoms. The van der Waals surface area contributed by atoms with Crippen LogP contribution in [0, 0.1) is 40.4 Å². The molecule has 0 N–H and O–H groups in total. The van der Waals surface area contributed by atoms with Crippen molar-refractivity contribution in [2.45, 2.75) is 90.4 Å². The number of rotatable bonds is 0. The highest BCUT2D eigenvalue weighted by Crippen LogP contribution is 2.70. The molecule has 5 aliphatic rings. The summed E-state index contributed by atoms with van der Waals surface area (Å²) in [6.07, 6.45) is 19.8. The molecule has 0 nitrogen and oxygen atoms in total. The fourth-order valence-corrected chi connectivity index (χ4v) is 9.02. The first kappa shape index (κ1) is 15.0. The van der Waals surface area contributed by atoms with Crippen molar-refractivity contribution in [1.29, 1.82) is 0 Å². The van der Waals surface area contributed by atoms with Gasteiger partial charge in [-0.05, 0) is 111 Å². The predicted molar refractivity (Wildman–Crippen MR) is 97.2 cm³/mol. The molecule has 0 aromatic rings. The van der Waals surface area contributed by atoms with Crippen molar-refractivity contribution in [3.63, 3.8) is 0 Å². The normalized spacial score (nSPS) is 55.5. The van der Waals surface area contributed by atoms with E-state index in [-0.39, 0.29) is 0 Å². The Hall–Kier alpha value is -0.260. The first-order chi connectivity index (χ1) is 11.2. The van der Waals surface area contributed by atoms with Crippen LogP contribution in [0.3, 0.4) is 0 Å². The number of hydrogen-bond acceptors (Lipinski definition) is 0. The molecule has 0 aromatic carbocycles. The summed E-state index contributed by atoms with van der Waals surface area (Å²) in [5.41, 5.74) is 3.08. The Bertz CT molecular complexity index is 504. The van der Waals surface area contributed by atoms with E-state index in [1.807, 2.05) is 0 Å². The molecule has 7 atom stereocenters. The first-order valence-electron chi connectivity index (χ1n) is 10.8. The lowest BCUT2D eigenvalue weighted by molar-refractivity contribution is -0.118. The van der Waals surface area contributed by atoms with Crippen molar-refractivity contribution in [2.75, 3.05) is 0 Å². The Morgan fingerprint density at radius 3 is 2.65 bits per heavy atom. The van der Waals surface area contributed by atoms with Crippen LogP contribution in [0.4, 0.5) is 0 Å². The predicted octanol–water partition coefficient (Wildman–Crippen LogP) is 6.76. The molecular formula is C23H36. The Kier molecular flexibility index (Phi) is 3.35. The summed E-state index contributed by atoms with van der Waals surface area (Å²) in [5.74, 6) is 5.22. The molecule has 0 amide bonds. The molecular weight excluding hydrogens is 276 g/mol. The smallest absolute Gasteiger partial charge is 0.0146 e. The second-order valence-corrected chi connectivity index (χ2v) is 10.3. The largest absolute Gasteiger partial charge is 0.0996 e. The van der Waals surface area contributed by atoms with Gasteiger partial charge in [0.05, 0.1) is 0 Å². The van der Waals surface area contributed by atoms with Gasteiger partial charge in [0.2, 0.25) is 0 Å². The van der Waals surface area contributed by atoms with Gasteiger partial charge in [-0.15, -0.1) is 0 Å². The molecule has 0 heterocycles. The topological polar surface area (TPSA) is 0 Å². The molecule has 0 aromatic heterocycles. The van der Waals surface area contributed by atoms with Crippen LogP contribution in [-0.4, -0.2) is 0 Å². The molecule has 128 valence electrons. The maximum atomic E-state index is 4.53. The molecule has 0 saturated heterocycles. The van der Waals surface area contributed by atoms with Gasteiger partial charge in [0.25, 0.3) is 0 Å². The quantitative estimate of drug-likeness (QED) is 0.434. The Balaban J connectivity index is 1.48. The van der Waals surface area contributed by atoms with Crippen LogP contribution < -0.4 is 0 Å². The van der Waals surface area contributed by atoms with E-state index in [0.717, 1.165) is 29.6 Å². The van der Waals surface area contributed by atoms with Gasteiger partial charge in [-0.2, -0.15) is 0 Å². The van der Waals surface area contributed by atoms with E-state index < -0.39 is 0 Å². The molecule has 5 rings (SSSR count). The van der Waals surface area contributed by atoms with Gasteiger partial charge >= 0.3 is 0 Å². The summed E-state index contributed by atoms with van der Waals surface area (Å²) < 4.78 is 0. The van der Waals surface area contributed by atoms with E-state index in [9.17, 15) is 0 Å². The minimum absolute atomic E-state index is 0.715. The highest BCUT2D eigenvalue weighted by Gasteiger charge is 2.61. The first-order valence-corrected chi connectivity index (χ1v) is 10.8. The fraction of sp³-hybridized carbons (Fsp3) is 0.913. The SMILES string of the molecule is C=C1CCCC23CCC4C(CCC5CCCCC54C)C2CCC13. The highest BCUT2D eigenvalue weighted by atomic mass is 14.7. The summed E-state index contributed by atoms with van der Waals surface area (Å²) in [4.78, 5) is 0. The van der Waals surface area contributed by atoms with E-state index in [1.54, 1.807) is 56.9 Å². The third kappa shape index (κ3) is 1.90. The number of allylic oxidation sites excluding steroid dienone is 1. The monoisotopic (exact) mass is 312 g/mol. The summed E-state index contributed by atoms with van der Waals surface area (Å²) in [6, 6.07) is 0. The maximum Gasteiger partial charge on any atom is -0.0146 e. The summed E-state index contributed by atoms with van der Waals surface area (Å²) in [7, 11) is 0. The number of fused-ring (bicyclic) bond motifs is 4. The second kappa shape index (κ2) is 5.12. The van der Waals surface area contributed by atoms with Crippen LogP contribution in [0.2, 0.25) is 0 Å². The third-order valence-electron chi connectivity index (χ3n) is 9.93. The zero-order valence-electron chi connectivity index (χ0n) is 15.3. The lowest BCUT2D eigenvalue weighted by Gasteiger charge is -2.62. The lowest BCUT2D eigenvalue weighted by atomic mass is 9.43. The maximum absolute atomic E-state index is 4.53. The van der Waals surface area contributed by atoms with Crippen molar-refractivity contribution in [3.05, 3.63) is 12.2 Å². The van der Waals surface area contributed by atoms with Crippen molar-refractivity contribution in [3.8, 4) is 0 Å². The van der Waals surface area contributed by atoms with Gasteiger partial charge in [0.15, 0.2) is 0 Å². The standard InChI is InChI=1S/C23H36/c1-16-6-5-14-23-15-12-20-18(21(23)11-10-19(16)23)9-8-17-7-3-4-13-22(17,20)2/h17-21H,1,3-15H2,2H3. The number of hydrogen-bond donors (Lipinski definition) is 0. The Morgan fingerprint density at radius 2 is 1.74 bits per heavy atom. The summed E-state index contributed by atoms with van der Waals surface area (Å²) in [6.45, 7) is 7.25. The molecule has 7 unspecified atom stereocenters. The van der Waals surface area contributed by atoms with Crippen LogP contribution in [0.5, 0.6) is 0 Å². The van der Waals surface area contributed by atoms with Gasteiger partial charge in [-0.25, -0.2) is 0 Å². The second-order valence-electron chi connectivity index (χ2n) is 10.3. The zero-order chi connectivity index (χ0) is 15.7. The average molecular weight is 313 g/mol. The van der Waals surface area contributed by atoms with E-state index >= 15 is 0 Å². The van der Waals surface area contributed by atoms with Gasteiger partial charge in [0.1, 0.15) is 0 Å². The van der Waals surface area contributed by atoms with Crippen LogP contribution in [-0.2, 0) is 0 Å². The van der Waals surface area contributed by atoms with Gasteiger partial charge in [-0.1, -0.05) is 31.9 Å². The third-order valence-corrected chi connectivity index (χ3v) is 9.93. The lowest BCUT2D eigenvalue weighted by Crippen LogP contribution is -2.53. The minimum Gasteiger partial charge on any atom is -0.0996 e. The molecule has 0 aliphatic heterocycles. The molecule has 5 saturated carbocycles. The van der Waals surface area contributed by atoms with Gasteiger partial charge in [-0.3, -0.25) is 0 Å². The fourth-order valence-electron chi connectivity index (χ4n) is 9.02. The summed E-state index contributed by atoms with van der Waals surface area (Å²) >= 11 is 0. The van der Waals surface area contributed by atoms with Crippen molar-refractivity contribution in [1.82, 2.24) is 0 Å². The molecule has 5 fully saturated rings. The van der Waals surface area contributed by atoms with E-state index in [2.05, 4.69) is 13.5 Å². The van der Waals surface area contributed by atoms with Crippen molar-refractivity contribution < 1.29 is 0 Å². The van der Waals surface area contributed by atoms with Crippen LogP contribution in [0.15, 0.2) is 12.2 Å². The van der Waals surface area contributed by atoms with E-state index in [4.69, 9.17) is 0 Å². The van der Waals surface area contributed by atoms with Gasteiger partial charge in [0, 0.05) is 0 Å². The van der Waals surface area contributed by atoms with Crippen molar-refractivity contribution >= 4 is 0 Å². The van der Waals surface area contributed by atoms with E-state index in [1.165, 1.54) is 32.1 Å². The highest BCUT2D eigenvalue weighted by molar-refractivity contribution is 5.19. The molecule has 5 aliphatic carbocycles. The zero-order valence-corrected chi connectivity index (χ0v) is 15.3. The molecule has 0 heteroatoms. The molecule has 23 heavy (non-hydrogen) atoms. The summed E-state index contributed by atoms with van der Waals surface area (Å²) in [5, 5.41) is 0. The van der Waals surface area contributed by atoms with Crippen molar-refractivity contribution in [2.24, 2.45) is 40.4 Å². The van der Waals surface area contributed by atoms with Crippen LogP contribution in [0.1, 0.15) is 90.4 Å². The molecule has 0 bridgehead atoms. The minimum atomic E-state index is 0.715. The average Bonchev–Trinajstić information content (AvgIpc) is 2.95. The van der Waals surface area contributed by atoms with E-state index in [0.29, 0.717) is 10.8 Å². The van der Waals surface area contributed by atoms with Crippen LogP contribution >= 0.6 is 0 Å². The Labute approximate surface area is 143 Å². The van der Waals surface area contributed by atoms with Gasteiger partial charge < -0.3 is 0 Å².